The fourth-order valence-corrected chi connectivity index (χ4v) is 5.11. The molecule has 1 heterocycles. The summed E-state index contributed by atoms with van der Waals surface area (Å²) in [5.74, 6) is 2.79. The van der Waals surface area contributed by atoms with Crippen molar-refractivity contribution in [1.82, 2.24) is 0 Å². The van der Waals surface area contributed by atoms with Gasteiger partial charge in [-0.05, 0) is 36.3 Å². The van der Waals surface area contributed by atoms with Gasteiger partial charge in [0.1, 0.15) is 0 Å². The summed E-state index contributed by atoms with van der Waals surface area (Å²) in [6.45, 7) is 2.29. The van der Waals surface area contributed by atoms with Gasteiger partial charge in [-0.2, -0.15) is 0 Å². The number of aliphatic hydroxyl groups excluding tert-OH is 1. The van der Waals surface area contributed by atoms with Crippen LogP contribution in [-0.4, -0.2) is 17.0 Å². The van der Waals surface area contributed by atoms with Crippen LogP contribution in [-0.2, 0) is 0 Å². The molecule has 4 unspecified atom stereocenters. The first-order valence-electron chi connectivity index (χ1n) is 7.69. The zero-order chi connectivity index (χ0) is 13.2. The molecular formula is C17H24OS. The standard InChI is InChI=1S/C17H24OS/c1-2-12-6-5-7-13(10-12)17(18)15-11-19-16-9-4-3-8-14(15)16/h3-4,8-9,12-13,15,17-18H,2,5-7,10-11H2,1H3. The Bertz CT molecular complexity index is 431. The molecular weight excluding hydrogens is 252 g/mol. The van der Waals surface area contributed by atoms with Crippen molar-refractivity contribution in [3.05, 3.63) is 29.8 Å². The quantitative estimate of drug-likeness (QED) is 0.880. The molecule has 1 fully saturated rings. The van der Waals surface area contributed by atoms with Gasteiger partial charge in [-0.3, -0.25) is 0 Å². The molecule has 0 amide bonds. The van der Waals surface area contributed by atoms with Crippen LogP contribution < -0.4 is 0 Å². The zero-order valence-electron chi connectivity index (χ0n) is 11.7. The molecule has 0 saturated heterocycles. The summed E-state index contributed by atoms with van der Waals surface area (Å²) in [5.41, 5.74) is 1.39. The Labute approximate surface area is 120 Å². The van der Waals surface area contributed by atoms with Crippen LogP contribution in [0.2, 0.25) is 0 Å². The van der Waals surface area contributed by atoms with Crippen molar-refractivity contribution < 1.29 is 5.11 Å². The van der Waals surface area contributed by atoms with Crippen LogP contribution >= 0.6 is 11.8 Å². The average molecular weight is 276 g/mol. The lowest BCUT2D eigenvalue weighted by molar-refractivity contribution is 0.0521. The van der Waals surface area contributed by atoms with Crippen LogP contribution in [0.15, 0.2) is 29.2 Å². The van der Waals surface area contributed by atoms with Crippen molar-refractivity contribution in [2.45, 2.75) is 55.9 Å². The molecule has 1 N–H and O–H groups in total. The summed E-state index contributed by atoms with van der Waals surface area (Å²) in [7, 11) is 0. The van der Waals surface area contributed by atoms with Crippen LogP contribution in [0, 0.1) is 11.8 Å². The van der Waals surface area contributed by atoms with E-state index < -0.39 is 0 Å². The third-order valence-electron chi connectivity index (χ3n) is 5.03. The number of hydrogen-bond acceptors (Lipinski definition) is 2. The van der Waals surface area contributed by atoms with Gasteiger partial charge in [-0.15, -0.1) is 11.8 Å². The maximum atomic E-state index is 10.8. The van der Waals surface area contributed by atoms with Crippen molar-refractivity contribution >= 4 is 11.8 Å². The number of hydrogen-bond donors (Lipinski definition) is 1. The Kier molecular flexibility index (Phi) is 4.18. The summed E-state index contributed by atoms with van der Waals surface area (Å²) in [4.78, 5) is 1.38. The third-order valence-corrected chi connectivity index (χ3v) is 6.24. The molecule has 2 aliphatic rings. The molecule has 19 heavy (non-hydrogen) atoms. The first kappa shape index (κ1) is 13.5. The monoisotopic (exact) mass is 276 g/mol. The van der Waals surface area contributed by atoms with Gasteiger partial charge >= 0.3 is 0 Å². The van der Waals surface area contributed by atoms with E-state index in [4.69, 9.17) is 0 Å². The maximum Gasteiger partial charge on any atom is 0.0645 e. The van der Waals surface area contributed by atoms with Gasteiger partial charge in [-0.1, -0.05) is 44.4 Å². The van der Waals surface area contributed by atoms with Gasteiger partial charge in [0.2, 0.25) is 0 Å². The first-order valence-corrected chi connectivity index (χ1v) is 8.68. The molecule has 3 rings (SSSR count). The molecule has 0 radical (unpaired) electrons. The largest absolute Gasteiger partial charge is 0.392 e. The molecule has 1 aromatic carbocycles. The minimum absolute atomic E-state index is 0.134. The SMILES string of the molecule is CCC1CCCC(C(O)C2CSc3ccccc32)C1. The molecule has 1 aliphatic carbocycles. The van der Waals surface area contributed by atoms with E-state index in [-0.39, 0.29) is 6.10 Å². The molecule has 1 nitrogen and oxygen atoms in total. The Morgan fingerprint density at radius 2 is 2.16 bits per heavy atom. The molecule has 0 bridgehead atoms. The van der Waals surface area contributed by atoms with Crippen molar-refractivity contribution in [3.63, 3.8) is 0 Å². The highest BCUT2D eigenvalue weighted by atomic mass is 32.2. The summed E-state index contributed by atoms with van der Waals surface area (Å²) >= 11 is 1.91. The summed E-state index contributed by atoms with van der Waals surface area (Å²) < 4.78 is 0. The van der Waals surface area contributed by atoms with Gasteiger partial charge in [0, 0.05) is 16.6 Å². The van der Waals surface area contributed by atoms with Crippen LogP contribution in [0.5, 0.6) is 0 Å². The second kappa shape index (κ2) is 5.88. The molecule has 0 aromatic heterocycles. The van der Waals surface area contributed by atoms with Gasteiger partial charge in [0.05, 0.1) is 6.10 Å². The van der Waals surface area contributed by atoms with E-state index in [9.17, 15) is 5.11 Å². The highest BCUT2D eigenvalue weighted by Crippen LogP contribution is 2.45. The third kappa shape index (κ3) is 2.71. The van der Waals surface area contributed by atoms with Gasteiger partial charge in [0.15, 0.2) is 0 Å². The van der Waals surface area contributed by atoms with Crippen molar-refractivity contribution in [1.29, 1.82) is 0 Å². The van der Waals surface area contributed by atoms with E-state index in [2.05, 4.69) is 31.2 Å². The number of fused-ring (bicyclic) bond motifs is 1. The minimum atomic E-state index is -0.134. The predicted octanol–water partition coefficient (Wildman–Crippen LogP) is 4.45. The topological polar surface area (TPSA) is 20.2 Å². The van der Waals surface area contributed by atoms with E-state index in [1.54, 1.807) is 0 Å². The Morgan fingerprint density at radius 3 is 3.00 bits per heavy atom. The van der Waals surface area contributed by atoms with Crippen molar-refractivity contribution in [3.8, 4) is 0 Å². The fourth-order valence-electron chi connectivity index (χ4n) is 3.81. The molecule has 4 atom stereocenters. The molecule has 1 aliphatic heterocycles. The number of thioether (sulfide) groups is 1. The second-order valence-electron chi connectivity index (χ2n) is 6.15. The lowest BCUT2D eigenvalue weighted by Gasteiger charge is -2.34. The van der Waals surface area contributed by atoms with Crippen LogP contribution in [0.1, 0.15) is 50.5 Å². The van der Waals surface area contributed by atoms with Gasteiger partial charge in [-0.25, -0.2) is 0 Å². The van der Waals surface area contributed by atoms with Crippen LogP contribution in [0.25, 0.3) is 0 Å². The normalized spacial score (nSPS) is 32.0. The minimum Gasteiger partial charge on any atom is -0.392 e. The van der Waals surface area contributed by atoms with Crippen LogP contribution in [0.3, 0.4) is 0 Å². The van der Waals surface area contributed by atoms with E-state index in [0.717, 1.165) is 11.7 Å². The first-order chi connectivity index (χ1) is 9.29. The van der Waals surface area contributed by atoms with Gasteiger partial charge < -0.3 is 5.11 Å². The van der Waals surface area contributed by atoms with E-state index >= 15 is 0 Å². The maximum absolute atomic E-state index is 10.8. The summed E-state index contributed by atoms with van der Waals surface area (Å²) in [5, 5.41) is 10.8. The lowest BCUT2D eigenvalue weighted by Crippen LogP contribution is -2.31. The summed E-state index contributed by atoms with van der Waals surface area (Å²) in [6, 6.07) is 8.63. The van der Waals surface area contributed by atoms with E-state index in [1.807, 2.05) is 11.8 Å². The number of benzene rings is 1. The van der Waals surface area contributed by atoms with Crippen molar-refractivity contribution in [2.75, 3.05) is 5.75 Å². The number of rotatable bonds is 3. The fraction of sp³-hybridized carbons (Fsp3) is 0.647. The Morgan fingerprint density at radius 1 is 1.32 bits per heavy atom. The predicted molar refractivity (Wildman–Crippen MR) is 81.7 cm³/mol. The van der Waals surface area contributed by atoms with E-state index in [1.165, 1.54) is 42.6 Å². The zero-order valence-corrected chi connectivity index (χ0v) is 12.5. The molecule has 1 saturated carbocycles. The highest BCUT2D eigenvalue weighted by Gasteiger charge is 2.35. The smallest absolute Gasteiger partial charge is 0.0645 e. The molecule has 0 spiro atoms. The Hall–Kier alpha value is -0.470. The Balaban J connectivity index is 1.72. The van der Waals surface area contributed by atoms with E-state index in [0.29, 0.717) is 11.8 Å². The highest BCUT2D eigenvalue weighted by molar-refractivity contribution is 7.99. The lowest BCUT2D eigenvalue weighted by atomic mass is 9.74. The average Bonchev–Trinajstić information content (AvgIpc) is 2.90. The van der Waals surface area contributed by atoms with Crippen molar-refractivity contribution in [2.24, 2.45) is 11.8 Å². The molecule has 104 valence electrons. The number of aliphatic hydroxyl groups is 1. The van der Waals surface area contributed by atoms with Crippen LogP contribution in [0.4, 0.5) is 0 Å². The summed E-state index contributed by atoms with van der Waals surface area (Å²) in [6.07, 6.45) is 6.28. The van der Waals surface area contributed by atoms with Gasteiger partial charge in [0.25, 0.3) is 0 Å². The second-order valence-corrected chi connectivity index (χ2v) is 7.21. The molecule has 1 aromatic rings. The molecule has 2 heteroatoms.